The Morgan fingerprint density at radius 1 is 1.25 bits per heavy atom. The van der Waals surface area contributed by atoms with Gasteiger partial charge in [0.1, 0.15) is 5.75 Å². The van der Waals surface area contributed by atoms with Gasteiger partial charge in [-0.25, -0.2) is 4.79 Å². The molecule has 5 heteroatoms. The van der Waals surface area contributed by atoms with Gasteiger partial charge in [0.2, 0.25) is 0 Å². The molecule has 16 heavy (non-hydrogen) atoms. The van der Waals surface area contributed by atoms with E-state index in [4.69, 9.17) is 4.42 Å². The Morgan fingerprint density at radius 2 is 1.94 bits per heavy atom. The van der Waals surface area contributed by atoms with Gasteiger partial charge in [-0.15, -0.1) is 0 Å². The number of halogens is 1. The van der Waals surface area contributed by atoms with Crippen LogP contribution in [-0.4, -0.2) is 5.11 Å². The molecule has 0 aliphatic heterocycles. The predicted octanol–water partition coefficient (Wildman–Crippen LogP) is 3.48. The largest absolute Gasteiger partial charge is 0.506 e. The molecule has 0 aliphatic rings. The number of hydrogen-bond acceptors (Lipinski definition) is 4. The van der Waals surface area contributed by atoms with Crippen LogP contribution in [0.5, 0.6) is 5.75 Å². The van der Waals surface area contributed by atoms with Gasteiger partial charge in [0.05, 0.1) is 9.17 Å². The van der Waals surface area contributed by atoms with Gasteiger partial charge in [0.15, 0.2) is 5.58 Å². The fraction of sp³-hybridized carbons (Fsp3) is 0. The van der Waals surface area contributed by atoms with Crippen molar-refractivity contribution in [2.75, 3.05) is 0 Å². The van der Waals surface area contributed by atoms with Gasteiger partial charge in [-0.2, -0.15) is 0 Å². The Labute approximate surface area is 102 Å². The van der Waals surface area contributed by atoms with E-state index in [-0.39, 0.29) is 10.7 Å². The number of phenolic OH excluding ortho intramolecular Hbond substituents is 1. The van der Waals surface area contributed by atoms with Crippen molar-refractivity contribution in [3.8, 4) is 5.75 Å². The minimum atomic E-state index is -0.369. The third-order valence-electron chi connectivity index (χ3n) is 2.41. The summed E-state index contributed by atoms with van der Waals surface area (Å²) in [5.41, 5.74) is 0.523. The maximum absolute atomic E-state index is 11.2. The fourth-order valence-corrected chi connectivity index (χ4v) is 3.07. The Balaban J connectivity index is 2.73. The van der Waals surface area contributed by atoms with Crippen LogP contribution in [0, 0.1) is 0 Å². The molecule has 0 bridgehead atoms. The molecule has 3 aromatic rings. The summed E-state index contributed by atoms with van der Waals surface area (Å²) in [6.45, 7) is 0. The number of fused-ring (bicyclic) bond motifs is 3. The van der Waals surface area contributed by atoms with Crippen LogP contribution in [0.15, 0.2) is 37.9 Å². The highest BCUT2D eigenvalue weighted by atomic mass is 79.9. The molecule has 80 valence electrons. The molecule has 0 amide bonds. The monoisotopic (exact) mass is 296 g/mol. The van der Waals surface area contributed by atoms with E-state index in [1.165, 1.54) is 0 Å². The Hall–Kier alpha value is -1.33. The average Bonchev–Trinajstić information content (AvgIpc) is 2.68. The summed E-state index contributed by atoms with van der Waals surface area (Å²) in [6, 6.07) is 7.27. The maximum atomic E-state index is 11.2. The first-order chi connectivity index (χ1) is 7.68. The molecule has 1 heterocycles. The highest BCUT2D eigenvalue weighted by molar-refractivity contribution is 9.10. The van der Waals surface area contributed by atoms with Crippen molar-refractivity contribution in [1.82, 2.24) is 0 Å². The molecule has 1 N–H and O–H groups in total. The van der Waals surface area contributed by atoms with E-state index in [0.29, 0.717) is 20.1 Å². The standard InChI is InChI=1S/C11H5BrO3S/c12-7-8(13)5-3-1-2-4-6(5)9-10(7)16-11(14)15-9/h1-4,13H. The Morgan fingerprint density at radius 3 is 2.69 bits per heavy atom. The lowest BCUT2D eigenvalue weighted by Crippen LogP contribution is -1.80. The van der Waals surface area contributed by atoms with Crippen molar-refractivity contribution in [1.29, 1.82) is 0 Å². The quantitative estimate of drug-likeness (QED) is 0.691. The number of aromatic hydroxyl groups is 1. The molecule has 0 saturated carbocycles. The topological polar surface area (TPSA) is 50.4 Å². The number of benzene rings is 2. The molecule has 3 nitrogen and oxygen atoms in total. The van der Waals surface area contributed by atoms with E-state index in [2.05, 4.69) is 15.9 Å². The molecule has 0 saturated heterocycles. The predicted molar refractivity (Wildman–Crippen MR) is 67.2 cm³/mol. The summed E-state index contributed by atoms with van der Waals surface area (Å²) < 4.78 is 6.29. The first-order valence-electron chi connectivity index (χ1n) is 4.51. The molecule has 2 aromatic carbocycles. The van der Waals surface area contributed by atoms with Gasteiger partial charge in [-0.3, -0.25) is 0 Å². The van der Waals surface area contributed by atoms with E-state index in [1.807, 2.05) is 18.2 Å². The first kappa shape index (κ1) is 9.86. The molecular formula is C11H5BrO3S. The third kappa shape index (κ3) is 1.22. The highest BCUT2D eigenvalue weighted by Crippen LogP contribution is 2.41. The molecule has 0 fully saturated rings. The zero-order valence-corrected chi connectivity index (χ0v) is 10.3. The third-order valence-corrected chi connectivity index (χ3v) is 4.29. The van der Waals surface area contributed by atoms with Gasteiger partial charge in [-0.05, 0) is 15.9 Å². The van der Waals surface area contributed by atoms with Gasteiger partial charge >= 0.3 is 4.94 Å². The summed E-state index contributed by atoms with van der Waals surface area (Å²) in [5.74, 6) is 0.139. The summed E-state index contributed by atoms with van der Waals surface area (Å²) in [4.78, 5) is 10.9. The minimum Gasteiger partial charge on any atom is -0.506 e. The van der Waals surface area contributed by atoms with E-state index in [9.17, 15) is 9.90 Å². The summed E-state index contributed by atoms with van der Waals surface area (Å²) >= 11 is 4.26. The zero-order chi connectivity index (χ0) is 11.3. The normalized spacial score (nSPS) is 11.3. The summed E-state index contributed by atoms with van der Waals surface area (Å²) in [5, 5.41) is 11.4. The summed E-state index contributed by atoms with van der Waals surface area (Å²) in [6.07, 6.45) is 0. The highest BCUT2D eigenvalue weighted by Gasteiger charge is 2.15. The van der Waals surface area contributed by atoms with Crippen molar-refractivity contribution < 1.29 is 9.52 Å². The van der Waals surface area contributed by atoms with Crippen LogP contribution in [0.2, 0.25) is 0 Å². The van der Waals surface area contributed by atoms with Gasteiger partial charge in [0, 0.05) is 10.8 Å². The molecule has 0 unspecified atom stereocenters. The van der Waals surface area contributed by atoms with Gasteiger partial charge in [-0.1, -0.05) is 35.6 Å². The Kier molecular flexibility index (Phi) is 2.05. The lowest BCUT2D eigenvalue weighted by atomic mass is 10.1. The summed E-state index contributed by atoms with van der Waals surface area (Å²) in [7, 11) is 0. The second-order valence-corrected chi connectivity index (χ2v) is 5.06. The molecular weight excluding hydrogens is 292 g/mol. The van der Waals surface area contributed by atoms with Crippen LogP contribution in [0.1, 0.15) is 0 Å². The molecule has 0 radical (unpaired) electrons. The molecule has 0 spiro atoms. The van der Waals surface area contributed by atoms with E-state index >= 15 is 0 Å². The smallest absolute Gasteiger partial charge is 0.396 e. The van der Waals surface area contributed by atoms with Gasteiger partial charge < -0.3 is 9.52 Å². The van der Waals surface area contributed by atoms with Crippen molar-refractivity contribution in [2.24, 2.45) is 0 Å². The van der Waals surface area contributed by atoms with Gasteiger partial charge in [0.25, 0.3) is 0 Å². The second kappa shape index (κ2) is 3.33. The molecule has 0 atom stereocenters. The first-order valence-corrected chi connectivity index (χ1v) is 6.12. The van der Waals surface area contributed by atoms with Crippen LogP contribution in [0.25, 0.3) is 21.1 Å². The average molecular weight is 297 g/mol. The van der Waals surface area contributed by atoms with Crippen molar-refractivity contribution in [3.63, 3.8) is 0 Å². The maximum Gasteiger partial charge on any atom is 0.396 e. The van der Waals surface area contributed by atoms with Crippen molar-refractivity contribution >= 4 is 48.3 Å². The molecule has 3 rings (SSSR count). The van der Waals surface area contributed by atoms with Crippen molar-refractivity contribution in [3.05, 3.63) is 38.5 Å². The van der Waals surface area contributed by atoms with E-state index < -0.39 is 0 Å². The van der Waals surface area contributed by atoms with Crippen LogP contribution >= 0.6 is 27.3 Å². The zero-order valence-electron chi connectivity index (χ0n) is 7.86. The van der Waals surface area contributed by atoms with Crippen molar-refractivity contribution in [2.45, 2.75) is 0 Å². The lowest BCUT2D eigenvalue weighted by Gasteiger charge is -2.03. The van der Waals surface area contributed by atoms with Crippen LogP contribution < -0.4 is 4.94 Å². The Bertz CT molecular complexity index is 757. The SMILES string of the molecule is O=c1oc2c(s1)c(Br)c(O)c1ccccc12. The molecule has 1 aromatic heterocycles. The number of hydrogen-bond donors (Lipinski definition) is 1. The lowest BCUT2D eigenvalue weighted by molar-refractivity contribution is 0.479. The molecule has 0 aliphatic carbocycles. The number of phenols is 1. The minimum absolute atomic E-state index is 0.139. The van der Waals surface area contributed by atoms with E-state index in [1.54, 1.807) is 6.07 Å². The second-order valence-electron chi connectivity index (χ2n) is 3.32. The number of rotatable bonds is 0. The fourth-order valence-electron chi connectivity index (χ4n) is 1.72. The van der Waals surface area contributed by atoms with Crippen LogP contribution in [-0.2, 0) is 0 Å². The van der Waals surface area contributed by atoms with Crippen LogP contribution in [0.3, 0.4) is 0 Å². The van der Waals surface area contributed by atoms with E-state index in [0.717, 1.165) is 16.7 Å². The van der Waals surface area contributed by atoms with Crippen LogP contribution in [0.4, 0.5) is 0 Å².